The van der Waals surface area contributed by atoms with Gasteiger partial charge in [-0.1, -0.05) is 18.2 Å². The number of fused-ring (bicyclic) bond motifs is 1. The van der Waals surface area contributed by atoms with Gasteiger partial charge in [0.2, 0.25) is 10.0 Å². The molecule has 1 fully saturated rings. The Bertz CT molecular complexity index is 736. The van der Waals surface area contributed by atoms with Crippen LogP contribution >= 0.6 is 11.3 Å². The van der Waals surface area contributed by atoms with Crippen LogP contribution in [0, 0.1) is 6.92 Å². The molecule has 20 heavy (non-hydrogen) atoms. The highest BCUT2D eigenvalue weighted by Gasteiger charge is 2.32. The van der Waals surface area contributed by atoms with Gasteiger partial charge in [0, 0.05) is 28.1 Å². The minimum atomic E-state index is -3.53. The summed E-state index contributed by atoms with van der Waals surface area (Å²) in [5, 5.41) is 10.5. The molecule has 1 aromatic carbocycles. The van der Waals surface area contributed by atoms with Gasteiger partial charge in [-0.2, -0.15) is 4.31 Å². The van der Waals surface area contributed by atoms with Crippen LogP contribution in [0.15, 0.2) is 29.2 Å². The first-order valence-corrected chi connectivity index (χ1v) is 8.92. The van der Waals surface area contributed by atoms with Gasteiger partial charge in [0.1, 0.15) is 4.90 Å². The lowest BCUT2D eigenvalue weighted by Crippen LogP contribution is -2.42. The highest BCUT2D eigenvalue weighted by Crippen LogP contribution is 2.36. The topological polar surface area (TPSA) is 57.6 Å². The first-order chi connectivity index (χ1) is 9.50. The number of aliphatic hydroxyl groups is 1. The third-order valence-corrected chi connectivity index (χ3v) is 6.94. The normalized spacial score (nSPS) is 21.4. The molecule has 108 valence electrons. The fourth-order valence-electron chi connectivity index (χ4n) is 2.73. The molecule has 0 spiro atoms. The van der Waals surface area contributed by atoms with Crippen molar-refractivity contribution >= 4 is 31.4 Å². The average molecular weight is 311 g/mol. The molecule has 1 atom stereocenters. The molecule has 0 amide bonds. The van der Waals surface area contributed by atoms with Crippen molar-refractivity contribution in [3.05, 3.63) is 29.1 Å². The average Bonchev–Trinajstić information content (AvgIpc) is 2.75. The quantitative estimate of drug-likeness (QED) is 0.926. The van der Waals surface area contributed by atoms with Gasteiger partial charge in [-0.15, -0.1) is 11.3 Å². The molecule has 6 heteroatoms. The number of benzene rings is 1. The van der Waals surface area contributed by atoms with Gasteiger partial charge in [0.25, 0.3) is 0 Å². The van der Waals surface area contributed by atoms with Crippen molar-refractivity contribution in [1.82, 2.24) is 4.31 Å². The first-order valence-electron chi connectivity index (χ1n) is 6.66. The molecule has 1 aliphatic heterocycles. The summed E-state index contributed by atoms with van der Waals surface area (Å²) < 4.78 is 28.1. The van der Waals surface area contributed by atoms with E-state index in [1.807, 2.05) is 31.2 Å². The molecular weight excluding hydrogens is 294 g/mol. The van der Waals surface area contributed by atoms with Crippen molar-refractivity contribution in [3.63, 3.8) is 0 Å². The monoisotopic (exact) mass is 311 g/mol. The number of hydrogen-bond acceptors (Lipinski definition) is 4. The summed E-state index contributed by atoms with van der Waals surface area (Å²) in [6.45, 7) is 2.53. The van der Waals surface area contributed by atoms with Crippen LogP contribution in [0.1, 0.15) is 17.7 Å². The van der Waals surface area contributed by atoms with E-state index in [4.69, 9.17) is 0 Å². The summed E-state index contributed by atoms with van der Waals surface area (Å²) in [5.74, 6) is 0. The molecule has 1 unspecified atom stereocenters. The first kappa shape index (κ1) is 14.0. The zero-order valence-corrected chi connectivity index (χ0v) is 12.9. The van der Waals surface area contributed by atoms with Crippen molar-refractivity contribution in [2.75, 3.05) is 13.1 Å². The summed E-state index contributed by atoms with van der Waals surface area (Å²) >= 11 is 1.50. The Morgan fingerprint density at radius 1 is 1.35 bits per heavy atom. The second kappa shape index (κ2) is 5.11. The molecule has 0 saturated carbocycles. The maximum atomic E-state index is 12.9. The highest BCUT2D eigenvalue weighted by molar-refractivity contribution is 7.89. The SMILES string of the molecule is Cc1sc2ccccc2c1S(=O)(=O)N1CCCC(O)C1. The molecule has 1 aliphatic rings. The van der Waals surface area contributed by atoms with E-state index in [0.29, 0.717) is 24.3 Å². The van der Waals surface area contributed by atoms with Gasteiger partial charge in [-0.3, -0.25) is 0 Å². The number of sulfonamides is 1. The van der Waals surface area contributed by atoms with Crippen LogP contribution < -0.4 is 0 Å². The largest absolute Gasteiger partial charge is 0.392 e. The molecule has 0 aliphatic carbocycles. The minimum Gasteiger partial charge on any atom is -0.392 e. The standard InChI is InChI=1S/C14H17NO3S2/c1-10-14(12-6-2-3-7-13(12)19-10)20(17,18)15-8-4-5-11(16)9-15/h2-3,6-7,11,16H,4-5,8-9H2,1H3. The lowest BCUT2D eigenvalue weighted by Gasteiger charge is -2.29. The number of β-amino-alcohol motifs (C(OH)–C–C–N with tert-alkyl or cyclic N) is 1. The van der Waals surface area contributed by atoms with Crippen molar-refractivity contribution in [2.24, 2.45) is 0 Å². The molecule has 3 rings (SSSR count). The number of rotatable bonds is 2. The van der Waals surface area contributed by atoms with Gasteiger partial charge >= 0.3 is 0 Å². The zero-order chi connectivity index (χ0) is 14.3. The van der Waals surface area contributed by atoms with Crippen molar-refractivity contribution in [1.29, 1.82) is 0 Å². The van der Waals surface area contributed by atoms with Gasteiger partial charge in [0.15, 0.2) is 0 Å². The van der Waals surface area contributed by atoms with E-state index in [1.54, 1.807) is 0 Å². The van der Waals surface area contributed by atoms with Gasteiger partial charge in [-0.25, -0.2) is 8.42 Å². The number of thiophene rings is 1. The number of nitrogens with zero attached hydrogens (tertiary/aromatic N) is 1. The fourth-order valence-corrected chi connectivity index (χ4v) is 6.01. The number of hydrogen-bond donors (Lipinski definition) is 1. The van der Waals surface area contributed by atoms with Crippen molar-refractivity contribution in [2.45, 2.75) is 30.8 Å². The van der Waals surface area contributed by atoms with Crippen LogP contribution in [-0.4, -0.2) is 37.0 Å². The van der Waals surface area contributed by atoms with Gasteiger partial charge in [0.05, 0.1) is 6.10 Å². The van der Waals surface area contributed by atoms with E-state index in [-0.39, 0.29) is 6.54 Å². The molecule has 2 heterocycles. The van der Waals surface area contributed by atoms with Crippen LogP contribution in [0.25, 0.3) is 10.1 Å². The van der Waals surface area contributed by atoms with E-state index < -0.39 is 16.1 Å². The molecule has 1 saturated heterocycles. The zero-order valence-electron chi connectivity index (χ0n) is 11.2. The van der Waals surface area contributed by atoms with Gasteiger partial charge in [-0.05, 0) is 25.8 Å². The van der Waals surface area contributed by atoms with E-state index >= 15 is 0 Å². The highest BCUT2D eigenvalue weighted by atomic mass is 32.2. The van der Waals surface area contributed by atoms with Crippen LogP contribution in [0.4, 0.5) is 0 Å². The van der Waals surface area contributed by atoms with E-state index in [0.717, 1.165) is 15.0 Å². The Balaban J connectivity index is 2.11. The number of aliphatic hydroxyl groups excluding tert-OH is 1. The van der Waals surface area contributed by atoms with Crippen LogP contribution in [-0.2, 0) is 10.0 Å². The van der Waals surface area contributed by atoms with E-state index in [1.165, 1.54) is 15.6 Å². The Morgan fingerprint density at radius 3 is 2.85 bits per heavy atom. The molecule has 0 radical (unpaired) electrons. The van der Waals surface area contributed by atoms with E-state index in [2.05, 4.69) is 0 Å². The maximum absolute atomic E-state index is 12.9. The van der Waals surface area contributed by atoms with Crippen LogP contribution in [0.3, 0.4) is 0 Å². The lowest BCUT2D eigenvalue weighted by molar-refractivity contribution is 0.108. The molecule has 4 nitrogen and oxygen atoms in total. The summed E-state index contributed by atoms with van der Waals surface area (Å²) in [7, 11) is -3.53. The second-order valence-electron chi connectivity index (χ2n) is 5.14. The summed E-state index contributed by atoms with van der Waals surface area (Å²) in [4.78, 5) is 1.22. The molecule has 0 bridgehead atoms. The summed E-state index contributed by atoms with van der Waals surface area (Å²) in [6.07, 6.45) is 0.834. The molecule has 1 aromatic heterocycles. The molecular formula is C14H17NO3S2. The fraction of sp³-hybridized carbons (Fsp3) is 0.429. The Hall–Kier alpha value is -0.950. The summed E-state index contributed by atoms with van der Waals surface area (Å²) in [6, 6.07) is 7.57. The maximum Gasteiger partial charge on any atom is 0.244 e. The Morgan fingerprint density at radius 2 is 2.10 bits per heavy atom. The Kier molecular flexibility index (Phi) is 3.58. The Labute approximate surface area is 122 Å². The molecule has 2 aromatic rings. The predicted molar refractivity (Wildman–Crippen MR) is 80.6 cm³/mol. The van der Waals surface area contributed by atoms with Crippen molar-refractivity contribution in [3.8, 4) is 0 Å². The summed E-state index contributed by atoms with van der Waals surface area (Å²) in [5.41, 5.74) is 0. The number of aryl methyl sites for hydroxylation is 1. The molecule has 1 N–H and O–H groups in total. The lowest BCUT2D eigenvalue weighted by atomic mass is 10.1. The van der Waals surface area contributed by atoms with Crippen LogP contribution in [0.2, 0.25) is 0 Å². The van der Waals surface area contributed by atoms with Crippen LogP contribution in [0.5, 0.6) is 0 Å². The second-order valence-corrected chi connectivity index (χ2v) is 8.27. The smallest absolute Gasteiger partial charge is 0.244 e. The van der Waals surface area contributed by atoms with E-state index in [9.17, 15) is 13.5 Å². The predicted octanol–water partition coefficient (Wildman–Crippen LogP) is 2.36. The third kappa shape index (κ3) is 2.26. The third-order valence-electron chi connectivity index (χ3n) is 3.67. The number of piperidine rings is 1. The van der Waals surface area contributed by atoms with Crippen molar-refractivity contribution < 1.29 is 13.5 Å². The minimum absolute atomic E-state index is 0.200. The van der Waals surface area contributed by atoms with Gasteiger partial charge < -0.3 is 5.11 Å².